The Balaban J connectivity index is 1.78. The first-order chi connectivity index (χ1) is 17.2. The molecule has 0 saturated carbocycles. The summed E-state index contributed by atoms with van der Waals surface area (Å²) >= 11 is 0. The number of hydrogen-bond acceptors (Lipinski definition) is 6. The van der Waals surface area contributed by atoms with Crippen LogP contribution in [0, 0.1) is 5.82 Å². The predicted octanol–water partition coefficient (Wildman–Crippen LogP) is 4.40. The molecule has 0 aliphatic carbocycles. The smallest absolute Gasteiger partial charge is 0.310 e. The van der Waals surface area contributed by atoms with E-state index in [1.165, 1.54) is 6.20 Å². The lowest BCUT2D eigenvalue weighted by atomic mass is 9.97. The second kappa shape index (κ2) is 10.5. The van der Waals surface area contributed by atoms with Crippen molar-refractivity contribution in [3.63, 3.8) is 0 Å². The molecule has 0 atom stereocenters. The second-order valence-electron chi connectivity index (χ2n) is 8.31. The number of ether oxygens (including phenoxy) is 2. The van der Waals surface area contributed by atoms with Gasteiger partial charge in [-0.3, -0.25) is 4.79 Å². The van der Waals surface area contributed by atoms with Crippen molar-refractivity contribution in [1.29, 1.82) is 0 Å². The van der Waals surface area contributed by atoms with Crippen LogP contribution < -0.4 is 10.5 Å². The lowest BCUT2D eigenvalue weighted by molar-refractivity contribution is -0.142. The minimum absolute atomic E-state index is 0.0349. The number of esters is 1. The minimum Gasteiger partial charge on any atom is -0.489 e. The molecule has 4 aromatic rings. The van der Waals surface area contributed by atoms with Gasteiger partial charge in [-0.25, -0.2) is 16.8 Å². The zero-order chi connectivity index (χ0) is 25.9. The maximum atomic E-state index is 15.3. The Labute approximate surface area is 209 Å². The molecule has 0 radical (unpaired) electrons. The number of aromatic nitrogens is 1. The number of benzene rings is 3. The molecule has 1 heterocycles. The van der Waals surface area contributed by atoms with E-state index in [4.69, 9.17) is 15.2 Å². The van der Waals surface area contributed by atoms with Crippen molar-refractivity contribution in [3.05, 3.63) is 89.4 Å². The highest BCUT2D eigenvalue weighted by atomic mass is 32.2. The van der Waals surface area contributed by atoms with Crippen LogP contribution in [0.15, 0.2) is 66.9 Å². The average molecular weight is 511 g/mol. The van der Waals surface area contributed by atoms with Crippen LogP contribution in [0.25, 0.3) is 22.0 Å². The Kier molecular flexibility index (Phi) is 7.42. The van der Waals surface area contributed by atoms with Crippen molar-refractivity contribution in [2.45, 2.75) is 26.5 Å². The Hall–Kier alpha value is -3.69. The normalized spacial score (nSPS) is 11.6. The Morgan fingerprint density at radius 1 is 1.03 bits per heavy atom. The van der Waals surface area contributed by atoms with Crippen LogP contribution in [0.1, 0.15) is 23.6 Å². The Bertz CT molecular complexity index is 1530. The molecule has 9 heteroatoms. The first-order valence-corrected chi connectivity index (χ1v) is 13.3. The highest BCUT2D eigenvalue weighted by Gasteiger charge is 2.18. The number of nitrogens with zero attached hydrogens (tertiary/aromatic N) is 1. The van der Waals surface area contributed by atoms with E-state index >= 15 is 4.39 Å². The van der Waals surface area contributed by atoms with Gasteiger partial charge in [-0.2, -0.15) is 0 Å². The summed E-state index contributed by atoms with van der Waals surface area (Å²) in [5.41, 5.74) is 8.61. The summed E-state index contributed by atoms with van der Waals surface area (Å²) in [5.74, 6) is -0.313. The molecule has 0 aliphatic heterocycles. The van der Waals surface area contributed by atoms with Crippen LogP contribution in [0.3, 0.4) is 0 Å². The van der Waals surface area contributed by atoms with E-state index < -0.39 is 15.8 Å². The number of fused-ring (bicyclic) bond motifs is 1. The quantitative estimate of drug-likeness (QED) is 0.335. The van der Waals surface area contributed by atoms with Gasteiger partial charge in [0.25, 0.3) is 0 Å². The van der Waals surface area contributed by atoms with Crippen LogP contribution >= 0.6 is 0 Å². The number of halogens is 1. The van der Waals surface area contributed by atoms with E-state index in [0.717, 1.165) is 10.2 Å². The monoisotopic (exact) mass is 510 g/mol. The molecule has 1 aromatic heterocycles. The van der Waals surface area contributed by atoms with E-state index in [9.17, 15) is 13.2 Å². The van der Waals surface area contributed by atoms with Crippen LogP contribution in [0.5, 0.6) is 5.75 Å². The molecule has 0 aliphatic rings. The highest BCUT2D eigenvalue weighted by Crippen LogP contribution is 2.34. The first-order valence-electron chi connectivity index (χ1n) is 11.4. The molecule has 0 fully saturated rings. The summed E-state index contributed by atoms with van der Waals surface area (Å²) in [6.45, 7) is 2.13. The van der Waals surface area contributed by atoms with E-state index in [1.807, 2.05) is 0 Å². The largest absolute Gasteiger partial charge is 0.489 e. The zero-order valence-electron chi connectivity index (χ0n) is 20.0. The minimum atomic E-state index is -3.61. The zero-order valence-corrected chi connectivity index (χ0v) is 20.8. The summed E-state index contributed by atoms with van der Waals surface area (Å²) in [7, 11) is -3.61. The Morgan fingerprint density at radius 2 is 1.78 bits per heavy atom. The number of carbonyl (C=O) groups is 1. The van der Waals surface area contributed by atoms with Crippen molar-refractivity contribution in [2.24, 2.45) is 5.73 Å². The van der Waals surface area contributed by atoms with Gasteiger partial charge in [0.05, 0.1) is 24.8 Å². The van der Waals surface area contributed by atoms with Crippen LogP contribution in [-0.4, -0.2) is 31.2 Å². The molecule has 2 N–H and O–H groups in total. The summed E-state index contributed by atoms with van der Waals surface area (Å²) < 4.78 is 52.3. The molecule has 0 spiro atoms. The van der Waals surface area contributed by atoms with Crippen molar-refractivity contribution >= 4 is 26.9 Å². The number of hydrogen-bond donors (Lipinski definition) is 1. The second-order valence-corrected chi connectivity index (χ2v) is 10.2. The molecule has 36 heavy (non-hydrogen) atoms. The standard InChI is InChI=1S/C27H27FN2O5S/c1-3-34-26(31)15-19-7-4-5-10-25(19)35-17-18-13-23(22-9-6-8-20(16-29)27(22)28)21-11-12-30(24(21)14-18)36(2,32)33/h4-14H,3,15-17,29H2,1-2H3. The van der Waals surface area contributed by atoms with Gasteiger partial charge in [-0.15, -0.1) is 0 Å². The van der Waals surface area contributed by atoms with E-state index in [2.05, 4.69) is 0 Å². The van der Waals surface area contributed by atoms with Gasteiger partial charge in [-0.1, -0.05) is 36.4 Å². The summed E-state index contributed by atoms with van der Waals surface area (Å²) in [6, 6.07) is 17.2. The maximum Gasteiger partial charge on any atom is 0.310 e. The lowest BCUT2D eigenvalue weighted by Crippen LogP contribution is -2.10. The average Bonchev–Trinajstić information content (AvgIpc) is 3.28. The molecule has 0 saturated heterocycles. The summed E-state index contributed by atoms with van der Waals surface area (Å²) in [5, 5.41) is 0.583. The van der Waals surface area contributed by atoms with Gasteiger partial charge in [0.15, 0.2) is 0 Å². The van der Waals surface area contributed by atoms with Crippen molar-refractivity contribution in [2.75, 3.05) is 12.9 Å². The number of carbonyl (C=O) groups excluding carboxylic acids is 1. The van der Waals surface area contributed by atoms with Crippen LogP contribution in [0.4, 0.5) is 4.39 Å². The van der Waals surface area contributed by atoms with Crippen LogP contribution in [-0.2, 0) is 39.1 Å². The topological polar surface area (TPSA) is 101 Å². The molecule has 188 valence electrons. The van der Waals surface area contributed by atoms with Gasteiger partial charge >= 0.3 is 5.97 Å². The van der Waals surface area contributed by atoms with Gasteiger partial charge in [0.2, 0.25) is 10.0 Å². The third-order valence-electron chi connectivity index (χ3n) is 5.79. The van der Waals surface area contributed by atoms with E-state index in [1.54, 1.807) is 67.6 Å². The number of nitrogens with two attached hydrogens (primary N) is 1. The van der Waals surface area contributed by atoms with Crippen LogP contribution in [0.2, 0.25) is 0 Å². The predicted molar refractivity (Wildman–Crippen MR) is 137 cm³/mol. The molecule has 0 unspecified atom stereocenters. The van der Waals surface area contributed by atoms with E-state index in [-0.39, 0.29) is 32.1 Å². The summed E-state index contributed by atoms with van der Waals surface area (Å²) in [4.78, 5) is 12.0. The first kappa shape index (κ1) is 25.4. The lowest BCUT2D eigenvalue weighted by Gasteiger charge is -2.14. The van der Waals surface area contributed by atoms with Gasteiger partial charge < -0.3 is 15.2 Å². The summed E-state index contributed by atoms with van der Waals surface area (Å²) in [6.07, 6.45) is 2.62. The van der Waals surface area contributed by atoms with E-state index in [0.29, 0.717) is 44.5 Å². The fourth-order valence-electron chi connectivity index (χ4n) is 4.14. The number of rotatable bonds is 9. The molecular formula is C27H27FN2O5S. The third-order valence-corrected chi connectivity index (χ3v) is 6.82. The molecule has 0 amide bonds. The van der Waals surface area contributed by atoms with Gasteiger partial charge in [0.1, 0.15) is 18.2 Å². The molecule has 0 bridgehead atoms. The van der Waals surface area contributed by atoms with Crippen molar-refractivity contribution in [3.8, 4) is 16.9 Å². The Morgan fingerprint density at radius 3 is 2.50 bits per heavy atom. The molecule has 3 aromatic carbocycles. The SMILES string of the molecule is CCOC(=O)Cc1ccccc1OCc1cc(-c2cccc(CN)c2F)c2ccn(S(C)(=O)=O)c2c1. The third kappa shape index (κ3) is 5.27. The van der Waals surface area contributed by atoms with Gasteiger partial charge in [0, 0.05) is 34.8 Å². The fraction of sp³-hybridized carbons (Fsp3) is 0.222. The molecule has 7 nitrogen and oxygen atoms in total. The van der Waals surface area contributed by atoms with Crippen molar-refractivity contribution in [1.82, 2.24) is 3.97 Å². The molecular weight excluding hydrogens is 483 g/mol. The number of para-hydroxylation sites is 1. The maximum absolute atomic E-state index is 15.3. The molecule has 4 rings (SSSR count). The fourth-order valence-corrected chi connectivity index (χ4v) is 4.93. The van der Waals surface area contributed by atoms with Gasteiger partial charge in [-0.05, 0) is 42.3 Å². The van der Waals surface area contributed by atoms with Crippen molar-refractivity contribution < 1.29 is 27.1 Å². The highest BCUT2D eigenvalue weighted by molar-refractivity contribution is 7.89.